The molecule has 92 valence electrons. The Morgan fingerprint density at radius 1 is 1.28 bits per heavy atom. The highest BCUT2D eigenvalue weighted by molar-refractivity contribution is 5.90. The zero-order chi connectivity index (χ0) is 13.0. The SMILES string of the molecule is Cc1nc(OCc2ccccc2)cc(C(N)=O)n1. The molecule has 0 aliphatic heterocycles. The summed E-state index contributed by atoms with van der Waals surface area (Å²) < 4.78 is 5.50. The van der Waals surface area contributed by atoms with Gasteiger partial charge in [0.25, 0.3) is 5.91 Å². The summed E-state index contributed by atoms with van der Waals surface area (Å²) in [5, 5.41) is 0. The summed E-state index contributed by atoms with van der Waals surface area (Å²) in [6.07, 6.45) is 0. The first-order valence-electron chi connectivity index (χ1n) is 5.47. The Balaban J connectivity index is 2.12. The van der Waals surface area contributed by atoms with Crippen LogP contribution in [0.1, 0.15) is 21.9 Å². The Hall–Kier alpha value is -2.43. The van der Waals surface area contributed by atoms with Crippen LogP contribution in [0.25, 0.3) is 0 Å². The van der Waals surface area contributed by atoms with Crippen LogP contribution in [0.3, 0.4) is 0 Å². The topological polar surface area (TPSA) is 78.1 Å². The molecular formula is C13H13N3O2. The van der Waals surface area contributed by atoms with Gasteiger partial charge in [-0.05, 0) is 12.5 Å². The Bertz CT molecular complexity index is 555. The third kappa shape index (κ3) is 3.04. The minimum atomic E-state index is -0.593. The van der Waals surface area contributed by atoms with Gasteiger partial charge in [0.15, 0.2) is 0 Å². The van der Waals surface area contributed by atoms with E-state index in [-0.39, 0.29) is 5.69 Å². The van der Waals surface area contributed by atoms with E-state index in [9.17, 15) is 4.79 Å². The second-order valence-electron chi connectivity index (χ2n) is 3.78. The second-order valence-corrected chi connectivity index (χ2v) is 3.78. The molecule has 1 aromatic carbocycles. The molecule has 0 spiro atoms. The van der Waals surface area contributed by atoms with Gasteiger partial charge < -0.3 is 10.5 Å². The maximum atomic E-state index is 11.1. The van der Waals surface area contributed by atoms with Crippen LogP contribution in [-0.2, 0) is 6.61 Å². The van der Waals surface area contributed by atoms with Gasteiger partial charge >= 0.3 is 0 Å². The van der Waals surface area contributed by atoms with Crippen LogP contribution in [-0.4, -0.2) is 15.9 Å². The number of carbonyl (C=O) groups is 1. The van der Waals surface area contributed by atoms with Crippen molar-refractivity contribution in [2.24, 2.45) is 5.73 Å². The number of nitrogens with zero attached hydrogens (tertiary/aromatic N) is 2. The Morgan fingerprint density at radius 2 is 2.00 bits per heavy atom. The number of carbonyl (C=O) groups excluding carboxylic acids is 1. The van der Waals surface area contributed by atoms with Crippen molar-refractivity contribution in [1.29, 1.82) is 0 Å². The normalized spacial score (nSPS) is 10.1. The van der Waals surface area contributed by atoms with Crippen molar-refractivity contribution in [1.82, 2.24) is 9.97 Å². The summed E-state index contributed by atoms with van der Waals surface area (Å²) in [7, 11) is 0. The lowest BCUT2D eigenvalue weighted by atomic mass is 10.2. The summed E-state index contributed by atoms with van der Waals surface area (Å²) >= 11 is 0. The standard InChI is InChI=1S/C13H13N3O2/c1-9-15-11(13(14)17)7-12(16-9)18-8-10-5-3-2-4-6-10/h2-7H,8H2,1H3,(H2,14,17). The number of hydrogen-bond donors (Lipinski definition) is 1. The smallest absolute Gasteiger partial charge is 0.267 e. The minimum Gasteiger partial charge on any atom is -0.473 e. The quantitative estimate of drug-likeness (QED) is 0.881. The average Bonchev–Trinajstić information content (AvgIpc) is 2.37. The monoisotopic (exact) mass is 243 g/mol. The van der Waals surface area contributed by atoms with Crippen LogP contribution in [0.2, 0.25) is 0 Å². The molecule has 5 heteroatoms. The zero-order valence-electron chi connectivity index (χ0n) is 9.96. The maximum Gasteiger partial charge on any atom is 0.267 e. The number of nitrogens with two attached hydrogens (primary N) is 1. The van der Waals surface area contributed by atoms with Crippen LogP contribution < -0.4 is 10.5 Å². The van der Waals surface area contributed by atoms with Crippen molar-refractivity contribution in [2.45, 2.75) is 13.5 Å². The number of primary amides is 1. The molecule has 2 rings (SSSR count). The third-order valence-corrected chi connectivity index (χ3v) is 2.30. The summed E-state index contributed by atoms with van der Waals surface area (Å²) in [6.45, 7) is 2.07. The predicted octanol–water partition coefficient (Wildman–Crippen LogP) is 1.46. The van der Waals surface area contributed by atoms with Gasteiger partial charge in [0, 0.05) is 6.07 Å². The van der Waals surface area contributed by atoms with Crippen molar-refractivity contribution in [3.8, 4) is 5.88 Å². The van der Waals surface area contributed by atoms with E-state index in [1.54, 1.807) is 6.92 Å². The van der Waals surface area contributed by atoms with E-state index in [1.807, 2.05) is 30.3 Å². The molecule has 0 radical (unpaired) electrons. The largest absolute Gasteiger partial charge is 0.473 e. The highest BCUT2D eigenvalue weighted by Crippen LogP contribution is 2.11. The molecule has 0 bridgehead atoms. The molecule has 0 saturated carbocycles. The number of ether oxygens (including phenoxy) is 1. The highest BCUT2D eigenvalue weighted by Gasteiger charge is 2.07. The van der Waals surface area contributed by atoms with E-state index in [0.717, 1.165) is 5.56 Å². The fourth-order valence-corrected chi connectivity index (χ4v) is 1.47. The van der Waals surface area contributed by atoms with E-state index in [1.165, 1.54) is 6.07 Å². The first kappa shape index (κ1) is 12.0. The van der Waals surface area contributed by atoms with Crippen LogP contribution >= 0.6 is 0 Å². The number of aryl methyl sites for hydroxylation is 1. The Morgan fingerprint density at radius 3 is 2.67 bits per heavy atom. The highest BCUT2D eigenvalue weighted by atomic mass is 16.5. The molecule has 0 unspecified atom stereocenters. The van der Waals surface area contributed by atoms with Gasteiger partial charge in [0.2, 0.25) is 5.88 Å². The van der Waals surface area contributed by atoms with Crippen LogP contribution in [0.15, 0.2) is 36.4 Å². The summed E-state index contributed by atoms with van der Waals surface area (Å²) in [6, 6.07) is 11.1. The predicted molar refractivity (Wildman–Crippen MR) is 66.1 cm³/mol. The van der Waals surface area contributed by atoms with Gasteiger partial charge in [0.05, 0.1) is 0 Å². The minimum absolute atomic E-state index is 0.158. The molecule has 1 aromatic heterocycles. The van der Waals surface area contributed by atoms with Gasteiger partial charge in [-0.2, -0.15) is 4.98 Å². The number of aromatic nitrogens is 2. The molecule has 0 aliphatic rings. The number of benzene rings is 1. The molecule has 2 aromatic rings. The van der Waals surface area contributed by atoms with E-state index in [2.05, 4.69) is 9.97 Å². The molecule has 2 N–H and O–H groups in total. The summed E-state index contributed by atoms with van der Waals surface area (Å²) in [4.78, 5) is 19.1. The fraction of sp³-hybridized carbons (Fsp3) is 0.154. The molecule has 5 nitrogen and oxygen atoms in total. The van der Waals surface area contributed by atoms with E-state index in [4.69, 9.17) is 10.5 Å². The number of hydrogen-bond acceptors (Lipinski definition) is 4. The van der Waals surface area contributed by atoms with Gasteiger partial charge in [-0.25, -0.2) is 4.98 Å². The van der Waals surface area contributed by atoms with E-state index < -0.39 is 5.91 Å². The molecule has 0 saturated heterocycles. The molecule has 0 fully saturated rings. The van der Waals surface area contributed by atoms with Crippen molar-refractivity contribution in [3.63, 3.8) is 0 Å². The van der Waals surface area contributed by atoms with Crippen LogP contribution in [0, 0.1) is 6.92 Å². The fourth-order valence-electron chi connectivity index (χ4n) is 1.47. The lowest BCUT2D eigenvalue weighted by molar-refractivity contribution is 0.0994. The Kier molecular flexibility index (Phi) is 3.52. The average molecular weight is 243 g/mol. The van der Waals surface area contributed by atoms with Crippen LogP contribution in [0.4, 0.5) is 0 Å². The van der Waals surface area contributed by atoms with E-state index in [0.29, 0.717) is 18.3 Å². The van der Waals surface area contributed by atoms with Gasteiger partial charge in [0.1, 0.15) is 18.1 Å². The van der Waals surface area contributed by atoms with Crippen molar-refractivity contribution >= 4 is 5.91 Å². The zero-order valence-corrected chi connectivity index (χ0v) is 9.96. The maximum absolute atomic E-state index is 11.1. The van der Waals surface area contributed by atoms with Crippen molar-refractivity contribution in [3.05, 3.63) is 53.5 Å². The first-order chi connectivity index (χ1) is 8.65. The third-order valence-electron chi connectivity index (χ3n) is 2.30. The van der Waals surface area contributed by atoms with Gasteiger partial charge in [-0.3, -0.25) is 4.79 Å². The van der Waals surface area contributed by atoms with E-state index >= 15 is 0 Å². The summed E-state index contributed by atoms with van der Waals surface area (Å²) in [5.74, 6) is 0.208. The number of amides is 1. The molecule has 1 amide bonds. The summed E-state index contributed by atoms with van der Waals surface area (Å²) in [5.41, 5.74) is 6.35. The molecule has 18 heavy (non-hydrogen) atoms. The lowest BCUT2D eigenvalue weighted by Gasteiger charge is -2.06. The number of rotatable bonds is 4. The van der Waals surface area contributed by atoms with Crippen molar-refractivity contribution in [2.75, 3.05) is 0 Å². The second kappa shape index (κ2) is 5.27. The molecular weight excluding hydrogens is 230 g/mol. The lowest BCUT2D eigenvalue weighted by Crippen LogP contribution is -2.14. The van der Waals surface area contributed by atoms with Gasteiger partial charge in [-0.15, -0.1) is 0 Å². The van der Waals surface area contributed by atoms with Crippen molar-refractivity contribution < 1.29 is 9.53 Å². The van der Waals surface area contributed by atoms with Crippen LogP contribution in [0.5, 0.6) is 5.88 Å². The molecule has 1 heterocycles. The van der Waals surface area contributed by atoms with Gasteiger partial charge in [-0.1, -0.05) is 30.3 Å². The Labute approximate surface area is 105 Å². The molecule has 0 aliphatic carbocycles. The first-order valence-corrected chi connectivity index (χ1v) is 5.47. The molecule has 0 atom stereocenters.